The first-order valence-electron chi connectivity index (χ1n) is 8.16. The van der Waals surface area contributed by atoms with Gasteiger partial charge < -0.3 is 4.55 Å². The van der Waals surface area contributed by atoms with E-state index in [4.69, 9.17) is 0 Å². The van der Waals surface area contributed by atoms with Gasteiger partial charge in [-0.25, -0.2) is 14.1 Å². The highest BCUT2D eigenvalue weighted by Gasteiger charge is 2.21. The molecule has 27 heavy (non-hydrogen) atoms. The van der Waals surface area contributed by atoms with Crippen LogP contribution in [0.1, 0.15) is 30.3 Å². The summed E-state index contributed by atoms with van der Waals surface area (Å²) in [7, 11) is 0. The van der Waals surface area contributed by atoms with Crippen molar-refractivity contribution in [1.29, 1.82) is 0 Å². The molecule has 0 amide bonds. The fraction of sp³-hybridized carbons (Fsp3) is 0.222. The highest BCUT2D eigenvalue weighted by Crippen LogP contribution is 2.24. The quantitative estimate of drug-likeness (QED) is 0.504. The van der Waals surface area contributed by atoms with Crippen molar-refractivity contribution in [3.05, 3.63) is 60.6 Å². The van der Waals surface area contributed by atoms with Crippen LogP contribution in [0, 0.1) is 5.82 Å². The molecule has 0 N–H and O–H groups in total. The number of ketones is 1. The molecular weight excluding hydrogens is 371 g/mol. The van der Waals surface area contributed by atoms with Crippen LogP contribution in [0.4, 0.5) is 4.39 Å². The minimum absolute atomic E-state index is 0.0185. The Balaban J connectivity index is 0.000000299. The molecule has 1 fully saturated rings. The van der Waals surface area contributed by atoms with E-state index in [-0.39, 0.29) is 11.0 Å². The van der Waals surface area contributed by atoms with Crippen molar-refractivity contribution >= 4 is 16.9 Å². The molecule has 1 atom stereocenters. The molecule has 3 heterocycles. The van der Waals surface area contributed by atoms with Crippen LogP contribution in [0.5, 0.6) is 0 Å². The van der Waals surface area contributed by atoms with Gasteiger partial charge in [0.25, 0.3) is 0 Å². The number of hydrogen-bond acceptors (Lipinski definition) is 6. The largest absolute Gasteiger partial charge is 0.772 e. The predicted molar refractivity (Wildman–Crippen MR) is 96.5 cm³/mol. The Morgan fingerprint density at radius 3 is 2.67 bits per heavy atom. The van der Waals surface area contributed by atoms with E-state index in [1.165, 1.54) is 23.9 Å². The van der Waals surface area contributed by atoms with Crippen LogP contribution in [0.2, 0.25) is 0 Å². The molecule has 0 aromatic carbocycles. The van der Waals surface area contributed by atoms with Gasteiger partial charge in [0, 0.05) is 30.0 Å². The molecule has 1 saturated carbocycles. The molecule has 0 radical (unpaired) electrons. The van der Waals surface area contributed by atoms with Gasteiger partial charge in [0.05, 0.1) is 30.0 Å². The fourth-order valence-electron chi connectivity index (χ4n) is 2.17. The van der Waals surface area contributed by atoms with Gasteiger partial charge in [-0.15, -0.1) is 0 Å². The molecule has 0 bridgehead atoms. The minimum atomic E-state index is -1.76. The van der Waals surface area contributed by atoms with E-state index in [0.29, 0.717) is 17.1 Å². The van der Waals surface area contributed by atoms with E-state index in [9.17, 15) is 17.9 Å². The SMILES string of the molecule is CC(=O)c1cccc(-c2cnn(-c3cncc(F)c3)c2)n1.O=S([O-])C1CC1. The second kappa shape index (κ2) is 8.28. The maximum atomic E-state index is 13.2. The summed E-state index contributed by atoms with van der Waals surface area (Å²) in [4.78, 5) is 19.4. The highest BCUT2D eigenvalue weighted by atomic mass is 32.2. The number of halogens is 1. The van der Waals surface area contributed by atoms with E-state index in [2.05, 4.69) is 15.1 Å². The Bertz CT molecular complexity index is 988. The van der Waals surface area contributed by atoms with Gasteiger partial charge in [-0.05, 0) is 25.0 Å². The topological polar surface area (TPSA) is 101 Å². The number of hydrogen-bond donors (Lipinski definition) is 0. The summed E-state index contributed by atoms with van der Waals surface area (Å²) in [5.41, 5.74) is 2.29. The van der Waals surface area contributed by atoms with Crippen LogP contribution in [-0.2, 0) is 11.1 Å². The van der Waals surface area contributed by atoms with Crippen LogP contribution >= 0.6 is 0 Å². The number of pyridine rings is 2. The number of Topliss-reactive ketones (excluding diaryl/α,β-unsaturated/α-hetero) is 1. The zero-order valence-corrected chi connectivity index (χ0v) is 15.2. The van der Waals surface area contributed by atoms with Crippen LogP contribution in [-0.4, -0.2) is 39.5 Å². The second-order valence-corrected chi connectivity index (χ2v) is 7.15. The first kappa shape index (κ1) is 19.0. The Kier molecular flexibility index (Phi) is 5.82. The van der Waals surface area contributed by atoms with Gasteiger partial charge in [-0.3, -0.25) is 14.0 Å². The first-order chi connectivity index (χ1) is 12.9. The molecule has 1 aliphatic carbocycles. The van der Waals surface area contributed by atoms with Gasteiger partial charge in [-0.1, -0.05) is 17.1 Å². The molecule has 0 saturated heterocycles. The summed E-state index contributed by atoms with van der Waals surface area (Å²) in [6, 6.07) is 6.55. The number of nitrogens with zero attached hydrogens (tertiary/aromatic N) is 4. The van der Waals surface area contributed by atoms with E-state index in [1.54, 1.807) is 30.6 Å². The average Bonchev–Trinajstić information content (AvgIpc) is 3.40. The maximum Gasteiger partial charge on any atom is 0.178 e. The lowest BCUT2D eigenvalue weighted by atomic mass is 10.2. The molecule has 1 aliphatic rings. The Hall–Kier alpha value is -2.78. The molecule has 3 aromatic rings. The zero-order chi connectivity index (χ0) is 19.4. The minimum Gasteiger partial charge on any atom is -0.772 e. The van der Waals surface area contributed by atoms with E-state index < -0.39 is 16.9 Å². The van der Waals surface area contributed by atoms with Gasteiger partial charge in [-0.2, -0.15) is 5.10 Å². The summed E-state index contributed by atoms with van der Waals surface area (Å²) < 4.78 is 34.2. The summed E-state index contributed by atoms with van der Waals surface area (Å²) in [5, 5.41) is 4.18. The molecule has 0 spiro atoms. The van der Waals surface area contributed by atoms with Crippen LogP contribution in [0.15, 0.2) is 49.1 Å². The van der Waals surface area contributed by atoms with Crippen molar-refractivity contribution in [2.75, 3.05) is 0 Å². The van der Waals surface area contributed by atoms with Gasteiger partial charge in [0.2, 0.25) is 0 Å². The van der Waals surface area contributed by atoms with Crippen molar-refractivity contribution in [2.24, 2.45) is 0 Å². The molecule has 7 nitrogen and oxygen atoms in total. The molecule has 9 heteroatoms. The second-order valence-electron chi connectivity index (χ2n) is 5.96. The molecular formula is C18H16FN4O3S-. The maximum absolute atomic E-state index is 13.2. The first-order valence-corrected chi connectivity index (χ1v) is 9.30. The van der Waals surface area contributed by atoms with Crippen LogP contribution in [0.3, 0.4) is 0 Å². The Morgan fingerprint density at radius 1 is 1.30 bits per heavy atom. The number of rotatable bonds is 4. The Labute approximate surface area is 157 Å². The zero-order valence-electron chi connectivity index (χ0n) is 14.4. The summed E-state index contributed by atoms with van der Waals surface area (Å²) in [6.07, 6.45) is 7.73. The number of aromatic nitrogens is 4. The third-order valence-corrected chi connectivity index (χ3v) is 4.76. The average molecular weight is 387 g/mol. The van der Waals surface area contributed by atoms with Crippen molar-refractivity contribution in [3.63, 3.8) is 0 Å². The molecule has 1 unspecified atom stereocenters. The van der Waals surface area contributed by atoms with Gasteiger partial charge >= 0.3 is 0 Å². The standard InChI is InChI=1S/C15H11FN4O.C3H6O2S/c1-10(21)14-3-2-4-15(19-14)11-6-18-20(9-11)13-5-12(16)7-17-8-13;4-6(5)3-1-2-3/h2-9H,1H3;3H,1-2H2,(H,4,5)/p-1. The predicted octanol–water partition coefficient (Wildman–Crippen LogP) is 2.70. The van der Waals surface area contributed by atoms with E-state index in [1.807, 2.05) is 0 Å². The van der Waals surface area contributed by atoms with Crippen LogP contribution < -0.4 is 0 Å². The van der Waals surface area contributed by atoms with Gasteiger partial charge in [0.15, 0.2) is 5.78 Å². The molecule has 3 aromatic heterocycles. The lowest BCUT2D eigenvalue weighted by molar-refractivity contribution is 0.101. The Morgan fingerprint density at radius 2 is 2.07 bits per heavy atom. The van der Waals surface area contributed by atoms with Crippen molar-refractivity contribution in [1.82, 2.24) is 19.7 Å². The van der Waals surface area contributed by atoms with E-state index in [0.717, 1.165) is 24.6 Å². The van der Waals surface area contributed by atoms with Crippen molar-refractivity contribution in [3.8, 4) is 16.9 Å². The number of carbonyl (C=O) groups is 1. The highest BCUT2D eigenvalue weighted by molar-refractivity contribution is 7.80. The molecule has 140 valence electrons. The summed E-state index contributed by atoms with van der Waals surface area (Å²) in [6.45, 7) is 1.47. The lowest BCUT2D eigenvalue weighted by Crippen LogP contribution is -1.97. The lowest BCUT2D eigenvalue weighted by Gasteiger charge is -2.00. The molecule has 0 aliphatic heterocycles. The van der Waals surface area contributed by atoms with Crippen LogP contribution in [0.25, 0.3) is 16.9 Å². The third-order valence-electron chi connectivity index (χ3n) is 3.74. The summed E-state index contributed by atoms with van der Waals surface area (Å²) >= 11 is -1.76. The van der Waals surface area contributed by atoms with Crippen molar-refractivity contribution in [2.45, 2.75) is 25.0 Å². The normalized spacial score (nSPS) is 14.2. The third kappa shape index (κ3) is 5.11. The monoisotopic (exact) mass is 387 g/mol. The van der Waals surface area contributed by atoms with Gasteiger partial charge in [0.1, 0.15) is 11.5 Å². The number of carbonyl (C=O) groups excluding carboxylic acids is 1. The fourth-order valence-corrected chi connectivity index (χ4v) is 2.70. The van der Waals surface area contributed by atoms with E-state index >= 15 is 0 Å². The van der Waals surface area contributed by atoms with Crippen molar-refractivity contribution < 1.29 is 17.9 Å². The summed E-state index contributed by atoms with van der Waals surface area (Å²) in [5.74, 6) is -0.528. The molecule has 4 rings (SSSR count). The smallest absolute Gasteiger partial charge is 0.178 e.